The van der Waals surface area contributed by atoms with Gasteiger partial charge in [-0.3, -0.25) is 4.79 Å². The van der Waals surface area contributed by atoms with Gasteiger partial charge >= 0.3 is 0 Å². The maximum absolute atomic E-state index is 12.7. The molecule has 0 saturated carbocycles. The van der Waals surface area contributed by atoms with Crippen LogP contribution in [0.4, 0.5) is 0 Å². The molecule has 1 N–H and O–H groups in total. The molecule has 4 aromatic rings. The number of Topliss-reactive ketones (excluding diaryl/α,β-unsaturated/α-hetero) is 1. The van der Waals surface area contributed by atoms with E-state index in [0.29, 0.717) is 59.3 Å². The van der Waals surface area contributed by atoms with E-state index in [9.17, 15) is 4.79 Å². The lowest BCUT2D eigenvalue weighted by atomic mass is 10.1. The van der Waals surface area contributed by atoms with Crippen molar-refractivity contribution < 1.29 is 23.4 Å². The van der Waals surface area contributed by atoms with Gasteiger partial charge in [0, 0.05) is 28.2 Å². The second-order valence-corrected chi connectivity index (χ2v) is 7.86. The van der Waals surface area contributed by atoms with E-state index in [-0.39, 0.29) is 11.5 Å². The molecule has 0 aliphatic carbocycles. The van der Waals surface area contributed by atoms with Gasteiger partial charge in [-0.15, -0.1) is 10.2 Å². The molecule has 0 bridgehead atoms. The molecule has 2 aromatic heterocycles. The lowest BCUT2D eigenvalue weighted by Gasteiger charge is -2.16. The summed E-state index contributed by atoms with van der Waals surface area (Å²) in [5.41, 5.74) is 2.22. The van der Waals surface area contributed by atoms with Gasteiger partial charge in [0.15, 0.2) is 17.3 Å². The van der Waals surface area contributed by atoms with Gasteiger partial charge in [0.1, 0.15) is 0 Å². The number of aromatic nitrogens is 3. The van der Waals surface area contributed by atoms with Crippen LogP contribution in [-0.2, 0) is 0 Å². The normalized spacial score (nSPS) is 11.0. The van der Waals surface area contributed by atoms with Crippen LogP contribution in [-0.4, -0.2) is 46.5 Å². The molecule has 0 atom stereocenters. The fourth-order valence-corrected chi connectivity index (χ4v) is 4.05. The maximum atomic E-state index is 12.7. The number of H-pyrrole nitrogens is 1. The number of aromatic amines is 1. The molecular formula is C24H25N3O5S. The van der Waals surface area contributed by atoms with Gasteiger partial charge in [-0.1, -0.05) is 30.0 Å². The van der Waals surface area contributed by atoms with Crippen LogP contribution in [0, 0.1) is 0 Å². The third-order valence-corrected chi connectivity index (χ3v) is 5.60. The number of benzene rings is 2. The summed E-state index contributed by atoms with van der Waals surface area (Å²) in [5, 5.41) is 9.45. The predicted molar refractivity (Wildman–Crippen MR) is 127 cm³/mol. The van der Waals surface area contributed by atoms with Gasteiger partial charge < -0.3 is 23.6 Å². The quantitative estimate of drug-likeness (QED) is 0.232. The molecule has 0 radical (unpaired) electrons. The van der Waals surface area contributed by atoms with E-state index < -0.39 is 0 Å². The van der Waals surface area contributed by atoms with Crippen LogP contribution >= 0.6 is 11.8 Å². The van der Waals surface area contributed by atoms with Gasteiger partial charge in [-0.05, 0) is 39.0 Å². The van der Waals surface area contributed by atoms with Crippen LogP contribution in [0.3, 0.4) is 0 Å². The van der Waals surface area contributed by atoms with Crippen LogP contribution < -0.4 is 14.2 Å². The number of hydrogen-bond acceptors (Lipinski definition) is 8. The summed E-state index contributed by atoms with van der Waals surface area (Å²) in [6.45, 7) is 7.11. The molecule has 2 heterocycles. The molecule has 0 amide bonds. The molecular weight excluding hydrogens is 442 g/mol. The number of nitrogens with one attached hydrogen (secondary N) is 1. The Morgan fingerprint density at radius 1 is 1.00 bits per heavy atom. The van der Waals surface area contributed by atoms with E-state index >= 15 is 0 Å². The van der Waals surface area contributed by atoms with Crippen molar-refractivity contribution in [1.29, 1.82) is 0 Å². The van der Waals surface area contributed by atoms with Crippen LogP contribution in [0.25, 0.3) is 22.4 Å². The molecule has 4 rings (SSSR count). The Bertz CT molecular complexity index is 1220. The lowest BCUT2D eigenvalue weighted by molar-refractivity contribution is 0.102. The van der Waals surface area contributed by atoms with Crippen molar-refractivity contribution in [2.24, 2.45) is 0 Å². The Morgan fingerprint density at radius 2 is 1.70 bits per heavy atom. The van der Waals surface area contributed by atoms with E-state index in [0.717, 1.165) is 10.9 Å². The van der Waals surface area contributed by atoms with E-state index in [1.54, 1.807) is 18.3 Å². The molecule has 0 unspecified atom stereocenters. The SMILES string of the molecule is CCOc1cc(-c2nnc(SCC(=O)c3c[nH]c4ccccc34)o2)cc(OCC)c1OCC. The van der Waals surface area contributed by atoms with Crippen molar-refractivity contribution in [1.82, 2.24) is 15.2 Å². The molecule has 0 spiro atoms. The molecule has 0 aliphatic rings. The number of carbonyl (C=O) groups is 1. The number of ether oxygens (including phenoxy) is 3. The number of fused-ring (bicyclic) bond motifs is 1. The van der Waals surface area contributed by atoms with Crippen molar-refractivity contribution >= 4 is 28.4 Å². The summed E-state index contributed by atoms with van der Waals surface area (Å²) >= 11 is 1.20. The number of para-hydroxylation sites is 1. The van der Waals surface area contributed by atoms with E-state index in [2.05, 4.69) is 15.2 Å². The summed E-state index contributed by atoms with van der Waals surface area (Å²) in [5.74, 6) is 2.10. The van der Waals surface area contributed by atoms with Gasteiger partial charge in [0.25, 0.3) is 5.22 Å². The Balaban J connectivity index is 1.53. The highest BCUT2D eigenvalue weighted by Gasteiger charge is 2.20. The van der Waals surface area contributed by atoms with Gasteiger partial charge in [0.2, 0.25) is 11.6 Å². The average Bonchev–Trinajstić information content (AvgIpc) is 3.47. The van der Waals surface area contributed by atoms with E-state index in [1.807, 2.05) is 45.0 Å². The Hall–Kier alpha value is -3.46. The van der Waals surface area contributed by atoms with Crippen molar-refractivity contribution in [2.75, 3.05) is 25.6 Å². The molecule has 9 heteroatoms. The summed E-state index contributed by atoms with van der Waals surface area (Å²) < 4.78 is 23.1. The first kappa shape index (κ1) is 22.7. The smallest absolute Gasteiger partial charge is 0.277 e. The molecule has 33 heavy (non-hydrogen) atoms. The fourth-order valence-electron chi connectivity index (χ4n) is 3.40. The molecule has 2 aromatic carbocycles. The summed E-state index contributed by atoms with van der Waals surface area (Å²) in [4.78, 5) is 15.8. The standard InChI is InChI=1S/C24H25N3O5S/c1-4-29-20-11-15(12-21(30-5-2)22(20)31-6-3)23-26-27-24(32-23)33-14-19(28)17-13-25-18-10-8-7-9-16(17)18/h7-13,25H,4-6,14H2,1-3H3. The third-order valence-electron chi connectivity index (χ3n) is 4.78. The minimum atomic E-state index is -0.0180. The molecule has 8 nitrogen and oxygen atoms in total. The first-order chi connectivity index (χ1) is 16.1. The fraction of sp³-hybridized carbons (Fsp3) is 0.292. The van der Waals surface area contributed by atoms with Crippen LogP contribution in [0.1, 0.15) is 31.1 Å². The zero-order valence-electron chi connectivity index (χ0n) is 18.7. The summed E-state index contributed by atoms with van der Waals surface area (Å²) in [6, 6.07) is 11.3. The minimum absolute atomic E-state index is 0.0180. The highest BCUT2D eigenvalue weighted by molar-refractivity contribution is 7.99. The van der Waals surface area contributed by atoms with Crippen LogP contribution in [0.5, 0.6) is 17.2 Å². The Labute approximate surface area is 195 Å². The lowest BCUT2D eigenvalue weighted by Crippen LogP contribution is -2.03. The van der Waals surface area contributed by atoms with Gasteiger partial charge in [0.05, 0.1) is 25.6 Å². The van der Waals surface area contributed by atoms with Crippen molar-refractivity contribution in [3.8, 4) is 28.7 Å². The van der Waals surface area contributed by atoms with Crippen LogP contribution in [0.2, 0.25) is 0 Å². The average molecular weight is 468 g/mol. The van der Waals surface area contributed by atoms with Crippen LogP contribution in [0.15, 0.2) is 52.2 Å². The van der Waals surface area contributed by atoms with Gasteiger partial charge in [-0.2, -0.15) is 0 Å². The second-order valence-electron chi connectivity index (χ2n) is 6.93. The second kappa shape index (κ2) is 10.4. The Morgan fingerprint density at radius 3 is 2.39 bits per heavy atom. The number of nitrogens with zero attached hydrogens (tertiary/aromatic N) is 2. The zero-order chi connectivity index (χ0) is 23.2. The topological polar surface area (TPSA) is 99.5 Å². The number of rotatable bonds is 11. The highest BCUT2D eigenvalue weighted by atomic mass is 32.2. The van der Waals surface area contributed by atoms with E-state index in [1.165, 1.54) is 11.8 Å². The first-order valence-corrected chi connectivity index (χ1v) is 11.8. The maximum Gasteiger partial charge on any atom is 0.277 e. The third kappa shape index (κ3) is 4.98. The number of carbonyl (C=O) groups excluding carboxylic acids is 1. The predicted octanol–water partition coefficient (Wildman–Crippen LogP) is 5.39. The summed E-state index contributed by atoms with van der Waals surface area (Å²) in [7, 11) is 0. The highest BCUT2D eigenvalue weighted by Crippen LogP contribution is 2.42. The molecule has 0 fully saturated rings. The zero-order valence-corrected chi connectivity index (χ0v) is 19.5. The molecule has 0 aliphatic heterocycles. The van der Waals surface area contributed by atoms with Crippen molar-refractivity contribution in [2.45, 2.75) is 26.0 Å². The number of ketones is 1. The minimum Gasteiger partial charge on any atom is -0.490 e. The first-order valence-electron chi connectivity index (χ1n) is 10.8. The number of thioether (sulfide) groups is 1. The van der Waals surface area contributed by atoms with E-state index in [4.69, 9.17) is 18.6 Å². The van der Waals surface area contributed by atoms with Crippen molar-refractivity contribution in [3.63, 3.8) is 0 Å². The molecule has 172 valence electrons. The molecule has 0 saturated heterocycles. The largest absolute Gasteiger partial charge is 0.490 e. The number of hydrogen-bond donors (Lipinski definition) is 1. The monoisotopic (exact) mass is 467 g/mol. The Kier molecular flexibility index (Phi) is 7.19. The summed E-state index contributed by atoms with van der Waals surface area (Å²) in [6.07, 6.45) is 1.73. The van der Waals surface area contributed by atoms with Gasteiger partial charge in [-0.25, -0.2) is 0 Å². The van der Waals surface area contributed by atoms with Crippen molar-refractivity contribution in [3.05, 3.63) is 48.2 Å².